The number of likely N-dealkylation sites (N-methyl/N-ethyl adjacent to an activating group) is 1. The molecule has 0 spiro atoms. The highest BCUT2D eigenvalue weighted by Gasteiger charge is 2.10. The van der Waals surface area contributed by atoms with Gasteiger partial charge in [-0.1, -0.05) is 12.2 Å². The molecule has 0 radical (unpaired) electrons. The van der Waals surface area contributed by atoms with E-state index < -0.39 is 0 Å². The normalized spacial score (nSPS) is 25.0. The van der Waals surface area contributed by atoms with Crippen LogP contribution in [-0.4, -0.2) is 26.2 Å². The quantitative estimate of drug-likeness (QED) is 0.588. The molecule has 0 amide bonds. The highest BCUT2D eigenvalue weighted by atomic mass is 14.9. The fourth-order valence-corrected chi connectivity index (χ4v) is 1.42. The van der Waals surface area contributed by atoms with Crippen LogP contribution in [0.15, 0.2) is 12.2 Å². The maximum absolute atomic E-state index is 3.46. The minimum Gasteiger partial charge on any atom is -0.316 e. The van der Waals surface area contributed by atoms with Crippen molar-refractivity contribution in [1.29, 1.82) is 0 Å². The Bertz CT molecular complexity index is 115. The van der Waals surface area contributed by atoms with Crippen molar-refractivity contribution in [3.05, 3.63) is 12.2 Å². The second-order valence-corrected chi connectivity index (χ2v) is 3.06. The van der Waals surface area contributed by atoms with Crippen LogP contribution in [0.2, 0.25) is 0 Å². The van der Waals surface area contributed by atoms with Crippen LogP contribution in [-0.2, 0) is 0 Å². The zero-order valence-electron chi connectivity index (χ0n) is 7.27. The van der Waals surface area contributed by atoms with Crippen LogP contribution < -0.4 is 10.6 Å². The standard InChI is InChI=1S/C9H18N2/c1-10-7-3-2-5-9-6-4-8-11-9/h2-3,9-11H,4-8H2,1H3/b3-2-. The summed E-state index contributed by atoms with van der Waals surface area (Å²) in [6.45, 7) is 2.21. The predicted octanol–water partition coefficient (Wildman–Crippen LogP) is 0.904. The minimum atomic E-state index is 0.753. The van der Waals surface area contributed by atoms with Crippen LogP contribution in [0.1, 0.15) is 19.3 Å². The second kappa shape index (κ2) is 5.33. The summed E-state index contributed by atoms with van der Waals surface area (Å²) in [5.74, 6) is 0. The average Bonchev–Trinajstić information content (AvgIpc) is 2.50. The van der Waals surface area contributed by atoms with Crippen molar-refractivity contribution < 1.29 is 0 Å². The van der Waals surface area contributed by atoms with E-state index in [1.165, 1.54) is 25.8 Å². The van der Waals surface area contributed by atoms with Crippen LogP contribution in [0.3, 0.4) is 0 Å². The molecule has 2 nitrogen and oxygen atoms in total. The van der Waals surface area contributed by atoms with E-state index in [9.17, 15) is 0 Å². The van der Waals surface area contributed by atoms with E-state index in [0.29, 0.717) is 0 Å². The molecule has 1 heterocycles. The predicted molar refractivity (Wildman–Crippen MR) is 48.7 cm³/mol. The molecule has 2 heteroatoms. The molecule has 1 aliphatic rings. The van der Waals surface area contributed by atoms with Crippen molar-refractivity contribution in [1.82, 2.24) is 10.6 Å². The summed E-state index contributed by atoms with van der Waals surface area (Å²) >= 11 is 0. The largest absolute Gasteiger partial charge is 0.316 e. The van der Waals surface area contributed by atoms with Gasteiger partial charge in [0.25, 0.3) is 0 Å². The van der Waals surface area contributed by atoms with Crippen molar-refractivity contribution in [2.24, 2.45) is 0 Å². The average molecular weight is 154 g/mol. The lowest BCUT2D eigenvalue weighted by molar-refractivity contribution is 0.613. The van der Waals surface area contributed by atoms with E-state index in [-0.39, 0.29) is 0 Å². The first-order valence-corrected chi connectivity index (χ1v) is 4.46. The Morgan fingerprint density at radius 1 is 1.55 bits per heavy atom. The van der Waals surface area contributed by atoms with E-state index in [1.54, 1.807) is 0 Å². The van der Waals surface area contributed by atoms with Gasteiger partial charge < -0.3 is 10.6 Å². The lowest BCUT2D eigenvalue weighted by Gasteiger charge is -2.04. The molecule has 1 aliphatic heterocycles. The zero-order chi connectivity index (χ0) is 7.94. The van der Waals surface area contributed by atoms with Gasteiger partial charge >= 0.3 is 0 Å². The van der Waals surface area contributed by atoms with Crippen molar-refractivity contribution in [3.8, 4) is 0 Å². The first-order valence-electron chi connectivity index (χ1n) is 4.46. The molecule has 1 unspecified atom stereocenters. The molecule has 0 bridgehead atoms. The summed E-state index contributed by atoms with van der Waals surface area (Å²) in [5.41, 5.74) is 0. The summed E-state index contributed by atoms with van der Waals surface area (Å²) in [4.78, 5) is 0. The molecule has 1 saturated heterocycles. The lowest BCUT2D eigenvalue weighted by atomic mass is 10.1. The number of hydrogen-bond acceptors (Lipinski definition) is 2. The highest BCUT2D eigenvalue weighted by molar-refractivity contribution is 4.89. The van der Waals surface area contributed by atoms with Gasteiger partial charge in [-0.05, 0) is 32.9 Å². The maximum atomic E-state index is 3.46. The summed E-state index contributed by atoms with van der Waals surface area (Å²) in [5, 5.41) is 6.55. The SMILES string of the molecule is CNC/C=C\CC1CCCN1. The molecule has 1 fully saturated rings. The van der Waals surface area contributed by atoms with Crippen LogP contribution in [0.4, 0.5) is 0 Å². The van der Waals surface area contributed by atoms with Crippen molar-refractivity contribution in [3.63, 3.8) is 0 Å². The number of rotatable bonds is 4. The third-order valence-electron chi connectivity index (χ3n) is 2.07. The first kappa shape index (κ1) is 8.75. The van der Waals surface area contributed by atoms with Gasteiger partial charge in [0.05, 0.1) is 0 Å². The van der Waals surface area contributed by atoms with E-state index in [4.69, 9.17) is 0 Å². The molecule has 0 saturated carbocycles. The van der Waals surface area contributed by atoms with Crippen molar-refractivity contribution in [2.75, 3.05) is 20.1 Å². The van der Waals surface area contributed by atoms with Gasteiger partial charge in [0.15, 0.2) is 0 Å². The molecule has 0 aliphatic carbocycles. The molecule has 0 aromatic heterocycles. The molecular formula is C9H18N2. The Morgan fingerprint density at radius 2 is 2.45 bits per heavy atom. The summed E-state index contributed by atoms with van der Waals surface area (Å²) in [6, 6.07) is 0.753. The molecule has 1 rings (SSSR count). The topological polar surface area (TPSA) is 24.1 Å². The van der Waals surface area contributed by atoms with Gasteiger partial charge in [0, 0.05) is 12.6 Å². The number of nitrogens with one attached hydrogen (secondary N) is 2. The van der Waals surface area contributed by atoms with Gasteiger partial charge in [-0.3, -0.25) is 0 Å². The minimum absolute atomic E-state index is 0.753. The first-order chi connectivity index (χ1) is 5.43. The fraction of sp³-hybridized carbons (Fsp3) is 0.778. The summed E-state index contributed by atoms with van der Waals surface area (Å²) in [6.07, 6.45) is 8.36. The second-order valence-electron chi connectivity index (χ2n) is 3.06. The Kier molecular flexibility index (Phi) is 4.24. The summed E-state index contributed by atoms with van der Waals surface area (Å²) < 4.78 is 0. The highest BCUT2D eigenvalue weighted by Crippen LogP contribution is 2.08. The summed E-state index contributed by atoms with van der Waals surface area (Å²) in [7, 11) is 1.97. The monoisotopic (exact) mass is 154 g/mol. The van der Waals surface area contributed by atoms with Crippen LogP contribution in [0.5, 0.6) is 0 Å². The molecule has 0 aromatic rings. The fourth-order valence-electron chi connectivity index (χ4n) is 1.42. The smallest absolute Gasteiger partial charge is 0.0131 e. The van der Waals surface area contributed by atoms with E-state index in [0.717, 1.165) is 12.6 Å². The van der Waals surface area contributed by atoms with Crippen molar-refractivity contribution in [2.45, 2.75) is 25.3 Å². The van der Waals surface area contributed by atoms with Crippen LogP contribution in [0, 0.1) is 0 Å². The Labute approximate surface area is 69.1 Å². The molecule has 0 aromatic carbocycles. The zero-order valence-corrected chi connectivity index (χ0v) is 7.27. The molecule has 64 valence electrons. The van der Waals surface area contributed by atoms with Gasteiger partial charge in [-0.2, -0.15) is 0 Å². The van der Waals surface area contributed by atoms with Crippen molar-refractivity contribution >= 4 is 0 Å². The van der Waals surface area contributed by atoms with E-state index in [2.05, 4.69) is 22.8 Å². The Morgan fingerprint density at radius 3 is 3.09 bits per heavy atom. The molecule has 11 heavy (non-hydrogen) atoms. The molecule has 2 N–H and O–H groups in total. The Balaban J connectivity index is 2.01. The number of hydrogen-bond donors (Lipinski definition) is 2. The van der Waals surface area contributed by atoms with Gasteiger partial charge in [-0.15, -0.1) is 0 Å². The van der Waals surface area contributed by atoms with Crippen LogP contribution in [0.25, 0.3) is 0 Å². The van der Waals surface area contributed by atoms with E-state index in [1.807, 2.05) is 7.05 Å². The Hall–Kier alpha value is -0.340. The lowest BCUT2D eigenvalue weighted by Crippen LogP contribution is -2.20. The van der Waals surface area contributed by atoms with Gasteiger partial charge in [0.2, 0.25) is 0 Å². The van der Waals surface area contributed by atoms with Gasteiger partial charge in [-0.25, -0.2) is 0 Å². The third kappa shape index (κ3) is 3.54. The molecule has 1 atom stereocenters. The third-order valence-corrected chi connectivity index (χ3v) is 2.07. The van der Waals surface area contributed by atoms with Gasteiger partial charge in [0.1, 0.15) is 0 Å². The molecular weight excluding hydrogens is 136 g/mol. The maximum Gasteiger partial charge on any atom is 0.0131 e. The van der Waals surface area contributed by atoms with E-state index >= 15 is 0 Å². The van der Waals surface area contributed by atoms with Crippen LogP contribution >= 0.6 is 0 Å².